The third-order valence-electron chi connectivity index (χ3n) is 9.64. The molecule has 2 fully saturated rings. The fraction of sp³-hybridized carbons (Fsp3) is 0.243. The van der Waals surface area contributed by atoms with Crippen LogP contribution in [0.15, 0.2) is 105 Å². The van der Waals surface area contributed by atoms with Gasteiger partial charge in [-0.05, 0) is 24.3 Å². The van der Waals surface area contributed by atoms with E-state index in [4.69, 9.17) is 15.7 Å². The molecular weight excluding hydrogens is 711 g/mol. The minimum absolute atomic E-state index is 0.270. The average molecular weight is 746 g/mol. The van der Waals surface area contributed by atoms with Crippen molar-refractivity contribution in [2.45, 2.75) is 25.8 Å². The van der Waals surface area contributed by atoms with E-state index in [1.54, 1.807) is 6.20 Å². The molecule has 0 bridgehead atoms. The Bertz CT molecular complexity index is 2100. The summed E-state index contributed by atoms with van der Waals surface area (Å²) in [7, 11) is 0. The molecule has 0 aliphatic carbocycles. The molecule has 11 heteroatoms. The van der Waals surface area contributed by atoms with Crippen LogP contribution in [0.2, 0.25) is 0 Å². The quantitative estimate of drug-likeness (QED) is 0.265. The molecule has 48 heavy (non-hydrogen) atoms. The molecule has 10 nitrogen and oxygen atoms in total. The normalized spacial score (nSPS) is 17.9. The van der Waals surface area contributed by atoms with Crippen LogP contribution in [-0.4, -0.2) is 65.6 Å². The van der Waals surface area contributed by atoms with E-state index in [-0.39, 0.29) is 27.0 Å². The summed E-state index contributed by atoms with van der Waals surface area (Å²) in [6, 6.07) is 29.0. The van der Waals surface area contributed by atoms with E-state index in [9.17, 15) is 5.26 Å². The number of amidine groups is 1. The van der Waals surface area contributed by atoms with Crippen molar-refractivity contribution in [1.29, 1.82) is 5.26 Å². The molecule has 3 aliphatic heterocycles. The summed E-state index contributed by atoms with van der Waals surface area (Å²) in [5.41, 5.74) is 13.2. The van der Waals surface area contributed by atoms with Crippen LogP contribution in [0.3, 0.4) is 0 Å². The number of nitrogens with zero attached hydrogens (tertiary/aromatic N) is 9. The number of anilines is 1. The van der Waals surface area contributed by atoms with Gasteiger partial charge in [-0.3, -0.25) is 4.57 Å². The zero-order valence-corrected chi connectivity index (χ0v) is 28.5. The first-order valence-electron chi connectivity index (χ1n) is 16.1. The van der Waals surface area contributed by atoms with Crippen LogP contribution in [0.1, 0.15) is 24.8 Å². The number of aromatic nitrogens is 4. The first-order valence-corrected chi connectivity index (χ1v) is 18.6. The third-order valence-corrected chi connectivity index (χ3v) is 11.2. The third kappa shape index (κ3) is 5.97. The number of pyridine rings is 2. The van der Waals surface area contributed by atoms with E-state index >= 15 is 0 Å². The van der Waals surface area contributed by atoms with Gasteiger partial charge in [0, 0.05) is 17.4 Å². The van der Waals surface area contributed by atoms with Gasteiger partial charge >= 0.3 is 160 Å². The standard InChI is InChI=1S/C37H34IN10/c39-22-32-42-25-38-21-33(45-32)47-20-16-37(24-47)14-18-46(19-15-37)23-26-8-10-28(11-9-26)48-35(29-7-4-17-41-34(29)40)44-31-13-12-30(43-36(31)48)27-5-2-1-3-6-27/h1-13,17,21,25H,14-16,18-20,23-24H2,(H2,40,41)/q-1. The van der Waals surface area contributed by atoms with Crippen LogP contribution in [0.5, 0.6) is 0 Å². The molecule has 0 amide bonds. The topological polar surface area (TPSA) is 125 Å². The van der Waals surface area contributed by atoms with Crippen LogP contribution < -0.4 is 26.9 Å². The fourth-order valence-electron chi connectivity index (χ4n) is 7.01. The zero-order valence-electron chi connectivity index (χ0n) is 26.4. The second-order valence-corrected chi connectivity index (χ2v) is 14.5. The fourth-order valence-corrected chi connectivity index (χ4v) is 8.45. The van der Waals surface area contributed by atoms with Crippen molar-refractivity contribution in [3.8, 4) is 34.4 Å². The molecule has 0 saturated carbocycles. The molecule has 3 aromatic heterocycles. The van der Waals surface area contributed by atoms with Crippen molar-refractivity contribution in [3.05, 3.63) is 101 Å². The molecule has 2 aromatic carbocycles. The molecule has 240 valence electrons. The molecule has 0 radical (unpaired) electrons. The van der Waals surface area contributed by atoms with E-state index in [1.807, 2.05) is 46.7 Å². The summed E-state index contributed by atoms with van der Waals surface area (Å²) in [4.78, 5) is 28.1. The van der Waals surface area contributed by atoms with Crippen LogP contribution in [0.4, 0.5) is 5.82 Å². The number of halogens is 1. The Balaban J connectivity index is 1.01. The molecule has 2 saturated heterocycles. The minimum atomic E-state index is -0.308. The van der Waals surface area contributed by atoms with Crippen molar-refractivity contribution in [1.82, 2.24) is 29.3 Å². The van der Waals surface area contributed by atoms with Crippen LogP contribution in [-0.2, 0) is 6.54 Å². The Hall–Kier alpha value is -4.93. The number of nitrogens with two attached hydrogens (primary N) is 1. The number of likely N-dealkylation sites (tertiary alicyclic amines) is 2. The Kier molecular flexibility index (Phi) is 8.19. The number of fused-ring (bicyclic) bond motifs is 1. The molecule has 0 atom stereocenters. The van der Waals surface area contributed by atoms with Gasteiger partial charge in [0.15, 0.2) is 11.5 Å². The van der Waals surface area contributed by atoms with Crippen molar-refractivity contribution >= 4 is 27.0 Å². The number of hydrogen-bond donors (Lipinski definition) is 1. The number of rotatable bonds is 6. The van der Waals surface area contributed by atoms with Crippen LogP contribution >= 0.6 is 0 Å². The summed E-state index contributed by atoms with van der Waals surface area (Å²) < 4.78 is 6.16. The van der Waals surface area contributed by atoms with Crippen molar-refractivity contribution in [2.24, 2.45) is 15.4 Å². The van der Waals surface area contributed by atoms with Gasteiger partial charge in [-0.25, -0.2) is 15.0 Å². The average Bonchev–Trinajstić information content (AvgIpc) is 3.62. The predicted molar refractivity (Wildman–Crippen MR) is 185 cm³/mol. The van der Waals surface area contributed by atoms with Crippen LogP contribution in [0.25, 0.3) is 39.5 Å². The van der Waals surface area contributed by atoms with Gasteiger partial charge in [-0.2, -0.15) is 0 Å². The van der Waals surface area contributed by atoms with Gasteiger partial charge < -0.3 is 5.73 Å². The molecule has 0 unspecified atom stereocenters. The zero-order chi connectivity index (χ0) is 32.5. The van der Waals surface area contributed by atoms with Gasteiger partial charge in [0.2, 0.25) is 0 Å². The molecule has 5 aromatic rings. The molecule has 2 N–H and O–H groups in total. The first-order chi connectivity index (χ1) is 23.6. The van der Waals surface area contributed by atoms with E-state index in [0.29, 0.717) is 11.2 Å². The molecule has 3 aliphatic rings. The molecule has 6 heterocycles. The predicted octanol–water partition coefficient (Wildman–Crippen LogP) is 2.87. The number of aliphatic imine (C=N–C) groups is 2. The van der Waals surface area contributed by atoms with Crippen molar-refractivity contribution < 1.29 is 21.2 Å². The number of imidazole rings is 1. The van der Waals surface area contributed by atoms with Crippen molar-refractivity contribution in [2.75, 3.05) is 31.9 Å². The Labute approximate surface area is 289 Å². The van der Waals surface area contributed by atoms with Gasteiger partial charge in [-0.1, -0.05) is 30.3 Å². The Morgan fingerprint density at radius 2 is 1.71 bits per heavy atom. The summed E-state index contributed by atoms with van der Waals surface area (Å²) >= 11 is -0.308. The summed E-state index contributed by atoms with van der Waals surface area (Å²) in [5.74, 6) is 2.37. The monoisotopic (exact) mass is 745 g/mol. The van der Waals surface area contributed by atoms with Gasteiger partial charge in [0.05, 0.1) is 11.3 Å². The summed E-state index contributed by atoms with van der Waals surface area (Å²) in [6.07, 6.45) is 5.21. The van der Waals surface area contributed by atoms with Crippen LogP contribution in [0, 0.1) is 16.7 Å². The first kappa shape index (κ1) is 30.4. The molecule has 1 spiro atoms. The van der Waals surface area contributed by atoms with Gasteiger partial charge in [-0.15, -0.1) is 0 Å². The molecule has 8 rings (SSSR count). The van der Waals surface area contributed by atoms with E-state index in [0.717, 1.165) is 78.0 Å². The van der Waals surface area contributed by atoms with Gasteiger partial charge in [0.1, 0.15) is 11.3 Å². The second kappa shape index (κ2) is 12.9. The number of nitriles is 1. The number of piperidine rings is 1. The number of benzene rings is 2. The van der Waals surface area contributed by atoms with Crippen molar-refractivity contribution in [3.63, 3.8) is 0 Å². The maximum absolute atomic E-state index is 9.35. The SMILES string of the molecule is N#CC1=NC(N2CCC3(CCN(Cc4ccc(-n5c(-c6cccnc6N)nc6ccc(-c7ccccc7)nc65)cc4)CC3)C2)=C[I-]C=N1. The molecular formula is C37H34IN10-. The Morgan fingerprint density at radius 1 is 0.896 bits per heavy atom. The summed E-state index contributed by atoms with van der Waals surface area (Å²) in [5, 5.41) is 9.35. The number of nitrogen functional groups attached to an aromatic ring is 1. The number of hydrogen-bond acceptors (Lipinski definition) is 9. The second-order valence-electron chi connectivity index (χ2n) is 12.6. The van der Waals surface area contributed by atoms with E-state index < -0.39 is 0 Å². The van der Waals surface area contributed by atoms with E-state index in [2.05, 4.69) is 75.9 Å². The maximum atomic E-state index is 9.35. The van der Waals surface area contributed by atoms with Gasteiger partial charge in [0.25, 0.3) is 0 Å². The Morgan fingerprint density at radius 3 is 2.50 bits per heavy atom. The van der Waals surface area contributed by atoms with E-state index in [1.165, 1.54) is 24.8 Å². The summed E-state index contributed by atoms with van der Waals surface area (Å²) in [6.45, 7) is 5.05.